The number of rotatable bonds is 1. The fourth-order valence-corrected chi connectivity index (χ4v) is 2.64. The first-order chi connectivity index (χ1) is 7.65. The summed E-state index contributed by atoms with van der Waals surface area (Å²) in [5.74, 6) is 3.75. The lowest BCUT2D eigenvalue weighted by atomic mass is 9.80. The Labute approximate surface area is 97.8 Å². The molecule has 3 atom stereocenters. The van der Waals surface area contributed by atoms with Crippen LogP contribution in [0.1, 0.15) is 40.0 Å². The van der Waals surface area contributed by atoms with Crippen molar-refractivity contribution >= 4 is 17.4 Å². The minimum atomic E-state index is 0.541. The van der Waals surface area contributed by atoms with Gasteiger partial charge >= 0.3 is 0 Å². The van der Waals surface area contributed by atoms with E-state index >= 15 is 0 Å². The maximum absolute atomic E-state index is 4.64. The fraction of sp³-hybridized carbons (Fsp3) is 0.769. The van der Waals surface area contributed by atoms with Gasteiger partial charge in [0.15, 0.2) is 0 Å². The van der Waals surface area contributed by atoms with Crippen molar-refractivity contribution in [2.75, 3.05) is 7.05 Å². The summed E-state index contributed by atoms with van der Waals surface area (Å²) in [5, 5.41) is 0. The van der Waals surface area contributed by atoms with Crippen LogP contribution in [-0.2, 0) is 0 Å². The van der Waals surface area contributed by atoms with Gasteiger partial charge in [0, 0.05) is 24.6 Å². The van der Waals surface area contributed by atoms with Crippen LogP contribution < -0.4 is 0 Å². The lowest BCUT2D eigenvalue weighted by Gasteiger charge is -2.32. The molecule has 88 valence electrons. The van der Waals surface area contributed by atoms with Crippen LogP contribution in [-0.4, -0.2) is 24.4 Å². The molecule has 3 heteroatoms. The molecule has 0 aromatic heterocycles. The highest BCUT2D eigenvalue weighted by Crippen LogP contribution is 2.33. The number of aliphatic imine (C=N–C) groups is 3. The second kappa shape index (κ2) is 4.48. The Morgan fingerprint density at radius 2 is 2.06 bits per heavy atom. The number of fused-ring (bicyclic) bond motifs is 1. The third-order valence-corrected chi connectivity index (χ3v) is 3.89. The molecule has 0 fully saturated rings. The zero-order valence-electron chi connectivity index (χ0n) is 10.7. The van der Waals surface area contributed by atoms with Crippen LogP contribution in [0.25, 0.3) is 0 Å². The summed E-state index contributed by atoms with van der Waals surface area (Å²) in [4.78, 5) is 13.6. The third-order valence-electron chi connectivity index (χ3n) is 3.89. The zero-order chi connectivity index (χ0) is 11.7. The highest BCUT2D eigenvalue weighted by Gasteiger charge is 2.33. The summed E-state index contributed by atoms with van der Waals surface area (Å²) in [6.45, 7) is 6.59. The third kappa shape index (κ3) is 1.95. The molecular formula is C13H21N3. The van der Waals surface area contributed by atoms with Crippen molar-refractivity contribution in [3.05, 3.63) is 0 Å². The smallest absolute Gasteiger partial charge is 0.133 e. The molecule has 0 aliphatic carbocycles. The van der Waals surface area contributed by atoms with Gasteiger partial charge in [0.25, 0.3) is 0 Å². The van der Waals surface area contributed by atoms with Gasteiger partial charge in [0.05, 0.1) is 0 Å². The van der Waals surface area contributed by atoms with E-state index in [1.54, 1.807) is 0 Å². The molecule has 0 spiro atoms. The minimum Gasteiger partial charge on any atom is -0.274 e. The SMILES string of the molecule is CCC1CC2CC(C)C(C)=NC2=NC1=NC. The monoisotopic (exact) mass is 219 g/mol. The fourth-order valence-electron chi connectivity index (χ4n) is 2.64. The number of amidine groups is 2. The summed E-state index contributed by atoms with van der Waals surface area (Å²) in [5.41, 5.74) is 1.22. The van der Waals surface area contributed by atoms with E-state index in [2.05, 4.69) is 35.7 Å². The lowest BCUT2D eigenvalue weighted by Crippen LogP contribution is -2.34. The van der Waals surface area contributed by atoms with E-state index in [0.29, 0.717) is 17.8 Å². The molecule has 2 heterocycles. The van der Waals surface area contributed by atoms with E-state index < -0.39 is 0 Å². The Kier molecular flexibility index (Phi) is 3.22. The van der Waals surface area contributed by atoms with E-state index in [9.17, 15) is 0 Å². The molecule has 0 radical (unpaired) electrons. The summed E-state index contributed by atoms with van der Waals surface area (Å²) in [6.07, 6.45) is 3.53. The maximum Gasteiger partial charge on any atom is 0.133 e. The topological polar surface area (TPSA) is 37.1 Å². The van der Waals surface area contributed by atoms with Gasteiger partial charge in [-0.25, -0.2) is 9.98 Å². The lowest BCUT2D eigenvalue weighted by molar-refractivity contribution is 0.437. The molecule has 16 heavy (non-hydrogen) atoms. The van der Waals surface area contributed by atoms with Gasteiger partial charge in [-0.1, -0.05) is 13.8 Å². The van der Waals surface area contributed by atoms with Gasteiger partial charge in [-0.3, -0.25) is 4.99 Å². The van der Waals surface area contributed by atoms with E-state index in [-0.39, 0.29) is 0 Å². The van der Waals surface area contributed by atoms with Crippen molar-refractivity contribution in [2.24, 2.45) is 32.7 Å². The number of hydrogen-bond acceptors (Lipinski definition) is 2. The second-order valence-electron chi connectivity index (χ2n) is 4.98. The largest absolute Gasteiger partial charge is 0.274 e. The quantitative estimate of drug-likeness (QED) is 0.650. The predicted octanol–water partition coefficient (Wildman–Crippen LogP) is 2.96. The first-order valence-corrected chi connectivity index (χ1v) is 6.26. The van der Waals surface area contributed by atoms with Crippen LogP contribution in [0.15, 0.2) is 15.0 Å². The van der Waals surface area contributed by atoms with E-state index in [1.807, 2.05) is 7.05 Å². The molecule has 0 bridgehead atoms. The van der Waals surface area contributed by atoms with Crippen LogP contribution in [0.3, 0.4) is 0 Å². The normalized spacial score (nSPS) is 36.8. The molecule has 0 saturated carbocycles. The summed E-state index contributed by atoms with van der Waals surface area (Å²) >= 11 is 0. The molecule has 0 aromatic rings. The van der Waals surface area contributed by atoms with Crippen molar-refractivity contribution < 1.29 is 0 Å². The van der Waals surface area contributed by atoms with Crippen molar-refractivity contribution in [3.63, 3.8) is 0 Å². The zero-order valence-corrected chi connectivity index (χ0v) is 10.7. The summed E-state index contributed by atoms with van der Waals surface area (Å²) < 4.78 is 0. The van der Waals surface area contributed by atoms with Crippen LogP contribution in [0.2, 0.25) is 0 Å². The van der Waals surface area contributed by atoms with Crippen LogP contribution in [0.4, 0.5) is 0 Å². The molecule has 0 N–H and O–H groups in total. The molecule has 3 unspecified atom stereocenters. The van der Waals surface area contributed by atoms with Gasteiger partial charge in [0.1, 0.15) is 11.7 Å². The first-order valence-electron chi connectivity index (χ1n) is 6.26. The Morgan fingerprint density at radius 3 is 2.69 bits per heavy atom. The molecular weight excluding hydrogens is 198 g/mol. The van der Waals surface area contributed by atoms with Gasteiger partial charge in [-0.15, -0.1) is 0 Å². The Morgan fingerprint density at radius 1 is 1.31 bits per heavy atom. The van der Waals surface area contributed by atoms with Crippen molar-refractivity contribution in [1.82, 2.24) is 0 Å². The molecule has 0 aromatic carbocycles. The standard InChI is InChI=1S/C13H21N3/c1-5-10-7-11-6-8(2)9(3)15-13(11)16-12(10)14-4/h8,10-11H,5-7H2,1-4H3. The first kappa shape index (κ1) is 11.5. The Bertz CT molecular complexity index is 365. The molecule has 2 aliphatic heterocycles. The predicted molar refractivity (Wildman–Crippen MR) is 69.6 cm³/mol. The Balaban J connectivity index is 2.33. The van der Waals surface area contributed by atoms with Crippen LogP contribution in [0, 0.1) is 17.8 Å². The minimum absolute atomic E-state index is 0.541. The van der Waals surface area contributed by atoms with Gasteiger partial charge in [-0.05, 0) is 32.1 Å². The van der Waals surface area contributed by atoms with Gasteiger partial charge in [-0.2, -0.15) is 0 Å². The number of hydrogen-bond donors (Lipinski definition) is 0. The van der Waals surface area contributed by atoms with Gasteiger partial charge in [0.2, 0.25) is 0 Å². The Hall–Kier alpha value is -0.990. The average molecular weight is 219 g/mol. The molecule has 3 nitrogen and oxygen atoms in total. The second-order valence-corrected chi connectivity index (χ2v) is 4.98. The highest BCUT2D eigenvalue weighted by molar-refractivity contribution is 6.08. The number of nitrogens with zero attached hydrogens (tertiary/aromatic N) is 3. The van der Waals surface area contributed by atoms with Crippen LogP contribution >= 0.6 is 0 Å². The van der Waals surface area contributed by atoms with E-state index in [4.69, 9.17) is 0 Å². The summed E-state index contributed by atoms with van der Waals surface area (Å²) in [7, 11) is 1.84. The van der Waals surface area contributed by atoms with Crippen molar-refractivity contribution in [3.8, 4) is 0 Å². The molecule has 2 rings (SSSR count). The average Bonchev–Trinajstić information content (AvgIpc) is 2.29. The van der Waals surface area contributed by atoms with E-state index in [1.165, 1.54) is 18.6 Å². The van der Waals surface area contributed by atoms with Gasteiger partial charge < -0.3 is 0 Å². The van der Waals surface area contributed by atoms with Crippen LogP contribution in [0.5, 0.6) is 0 Å². The molecule has 2 aliphatic rings. The van der Waals surface area contributed by atoms with E-state index in [0.717, 1.165) is 18.1 Å². The molecule has 0 saturated heterocycles. The summed E-state index contributed by atoms with van der Waals surface area (Å²) in [6, 6.07) is 0. The maximum atomic E-state index is 4.64. The van der Waals surface area contributed by atoms with Crippen molar-refractivity contribution in [1.29, 1.82) is 0 Å². The van der Waals surface area contributed by atoms with Crippen molar-refractivity contribution in [2.45, 2.75) is 40.0 Å². The molecule has 0 amide bonds. The highest BCUT2D eigenvalue weighted by atomic mass is 15.0.